The van der Waals surface area contributed by atoms with Gasteiger partial charge in [0, 0.05) is 29.7 Å². The van der Waals surface area contributed by atoms with Crippen molar-refractivity contribution in [1.29, 1.82) is 0 Å². The molecule has 0 atom stereocenters. The molecule has 0 aromatic carbocycles. The van der Waals surface area contributed by atoms with Crippen LogP contribution in [-0.4, -0.2) is 26.7 Å². The first-order valence-corrected chi connectivity index (χ1v) is 8.70. The molecule has 0 amide bonds. The van der Waals surface area contributed by atoms with E-state index < -0.39 is 17.3 Å². The highest BCUT2D eigenvalue weighted by Crippen LogP contribution is 2.35. The molecule has 0 aliphatic heterocycles. The van der Waals surface area contributed by atoms with E-state index in [0.29, 0.717) is 24.1 Å². The number of hydrogen-bond acceptors (Lipinski definition) is 4. The van der Waals surface area contributed by atoms with E-state index in [9.17, 15) is 18.3 Å². The highest BCUT2D eigenvalue weighted by molar-refractivity contribution is 6.29. The van der Waals surface area contributed by atoms with Crippen LogP contribution in [0, 0.1) is 0 Å². The predicted octanol–water partition coefficient (Wildman–Crippen LogP) is 4.92. The van der Waals surface area contributed by atoms with Crippen LogP contribution in [-0.2, 0) is 6.18 Å². The lowest BCUT2D eigenvalue weighted by molar-refractivity contribution is -0.137. The first-order chi connectivity index (χ1) is 12.1. The quantitative estimate of drug-likeness (QED) is 0.736. The van der Waals surface area contributed by atoms with Gasteiger partial charge in [-0.25, -0.2) is 4.98 Å². The van der Waals surface area contributed by atoms with Crippen LogP contribution in [0.15, 0.2) is 30.6 Å². The third-order valence-electron chi connectivity index (χ3n) is 4.66. The van der Waals surface area contributed by atoms with Gasteiger partial charge in [-0.3, -0.25) is 4.98 Å². The molecule has 0 bridgehead atoms. The van der Waals surface area contributed by atoms with Crippen molar-refractivity contribution in [1.82, 2.24) is 9.97 Å². The van der Waals surface area contributed by atoms with Gasteiger partial charge in [-0.2, -0.15) is 13.2 Å². The Hall–Kier alpha value is -1.86. The molecule has 1 aliphatic rings. The van der Waals surface area contributed by atoms with E-state index in [1.165, 1.54) is 6.20 Å². The Morgan fingerprint density at radius 1 is 1.23 bits per heavy atom. The zero-order valence-electron chi connectivity index (χ0n) is 14.1. The Kier molecular flexibility index (Phi) is 5.12. The summed E-state index contributed by atoms with van der Waals surface area (Å²) < 4.78 is 39.0. The van der Waals surface area contributed by atoms with Crippen molar-refractivity contribution >= 4 is 17.3 Å². The second-order valence-corrected chi connectivity index (χ2v) is 7.28. The number of alkyl halides is 3. The maximum absolute atomic E-state index is 13.0. The van der Waals surface area contributed by atoms with Gasteiger partial charge < -0.3 is 10.4 Å². The topological polar surface area (TPSA) is 58.0 Å². The van der Waals surface area contributed by atoms with Gasteiger partial charge in [-0.1, -0.05) is 11.6 Å². The molecule has 0 unspecified atom stereocenters. The van der Waals surface area contributed by atoms with E-state index in [4.69, 9.17) is 11.6 Å². The fourth-order valence-corrected chi connectivity index (χ4v) is 3.27. The van der Waals surface area contributed by atoms with E-state index in [1.54, 1.807) is 6.07 Å². The summed E-state index contributed by atoms with van der Waals surface area (Å²) in [6.45, 7) is 1.81. The number of rotatable bonds is 3. The highest BCUT2D eigenvalue weighted by atomic mass is 35.5. The van der Waals surface area contributed by atoms with Gasteiger partial charge in [0.1, 0.15) is 5.15 Å². The maximum Gasteiger partial charge on any atom is 0.416 e. The molecular weight excluding hydrogens is 367 g/mol. The second-order valence-electron chi connectivity index (χ2n) is 6.90. The van der Waals surface area contributed by atoms with E-state index in [-0.39, 0.29) is 16.9 Å². The normalized spacial score (nSPS) is 23.7. The maximum atomic E-state index is 13.0. The Balaban J connectivity index is 1.90. The molecule has 2 aromatic rings. The summed E-state index contributed by atoms with van der Waals surface area (Å²) in [7, 11) is 0. The van der Waals surface area contributed by atoms with Crippen molar-refractivity contribution < 1.29 is 18.3 Å². The van der Waals surface area contributed by atoms with E-state index in [1.807, 2.05) is 6.92 Å². The molecular formula is C18H19ClF3N3O. The highest BCUT2D eigenvalue weighted by Gasteiger charge is 2.31. The lowest BCUT2D eigenvalue weighted by Crippen LogP contribution is -2.35. The summed E-state index contributed by atoms with van der Waals surface area (Å²) in [5, 5.41) is 13.6. The summed E-state index contributed by atoms with van der Waals surface area (Å²) >= 11 is 5.98. The lowest BCUT2D eigenvalue weighted by Gasteiger charge is -2.34. The van der Waals surface area contributed by atoms with Crippen LogP contribution in [0.25, 0.3) is 11.3 Å². The standard InChI is InChI=1S/C18H19ClF3N3O/c1-17(26)5-2-12(3-6-17)25-15-9-16(19)24-10-13(15)14-8-11(4-7-23-14)18(20,21)22/h4,7-10,12,26H,2-3,5-6H2,1H3,(H,24,25). The molecule has 0 saturated heterocycles. The first-order valence-electron chi connectivity index (χ1n) is 8.32. The minimum atomic E-state index is -4.44. The van der Waals surface area contributed by atoms with Crippen LogP contribution in [0.4, 0.5) is 18.9 Å². The zero-order chi connectivity index (χ0) is 18.9. The molecule has 8 heteroatoms. The monoisotopic (exact) mass is 385 g/mol. The molecule has 1 fully saturated rings. The molecule has 26 heavy (non-hydrogen) atoms. The van der Waals surface area contributed by atoms with Crippen molar-refractivity contribution in [2.45, 2.75) is 50.4 Å². The van der Waals surface area contributed by atoms with Crippen molar-refractivity contribution in [3.8, 4) is 11.3 Å². The van der Waals surface area contributed by atoms with E-state index >= 15 is 0 Å². The lowest BCUT2D eigenvalue weighted by atomic mass is 9.83. The van der Waals surface area contributed by atoms with Crippen LogP contribution in [0.2, 0.25) is 5.15 Å². The van der Waals surface area contributed by atoms with Gasteiger partial charge in [0.25, 0.3) is 0 Å². The van der Waals surface area contributed by atoms with Gasteiger partial charge in [-0.15, -0.1) is 0 Å². The van der Waals surface area contributed by atoms with Crippen LogP contribution < -0.4 is 5.32 Å². The summed E-state index contributed by atoms with van der Waals surface area (Å²) in [4.78, 5) is 8.05. The molecule has 4 nitrogen and oxygen atoms in total. The van der Waals surface area contributed by atoms with Crippen molar-refractivity contribution in [3.63, 3.8) is 0 Å². The number of aliphatic hydroxyl groups is 1. The SMILES string of the molecule is CC1(O)CCC(Nc2cc(Cl)ncc2-c2cc(C(F)(F)F)ccn2)CC1. The second kappa shape index (κ2) is 7.04. The zero-order valence-corrected chi connectivity index (χ0v) is 14.9. The summed E-state index contributed by atoms with van der Waals surface area (Å²) in [6.07, 6.45) is 0.923. The van der Waals surface area contributed by atoms with Gasteiger partial charge in [0.15, 0.2) is 0 Å². The molecule has 3 rings (SSSR count). The van der Waals surface area contributed by atoms with Gasteiger partial charge in [0.2, 0.25) is 0 Å². The van der Waals surface area contributed by atoms with Crippen LogP contribution in [0.5, 0.6) is 0 Å². The number of nitrogens with one attached hydrogen (secondary N) is 1. The largest absolute Gasteiger partial charge is 0.416 e. The van der Waals surface area contributed by atoms with Gasteiger partial charge in [-0.05, 0) is 50.8 Å². The van der Waals surface area contributed by atoms with E-state index in [0.717, 1.165) is 31.2 Å². The van der Waals surface area contributed by atoms with Crippen LogP contribution in [0.1, 0.15) is 38.2 Å². The number of aromatic nitrogens is 2. The molecule has 140 valence electrons. The minimum Gasteiger partial charge on any atom is -0.390 e. The summed E-state index contributed by atoms with van der Waals surface area (Å²) in [6, 6.07) is 3.62. The van der Waals surface area contributed by atoms with Crippen LogP contribution in [0.3, 0.4) is 0 Å². The summed E-state index contributed by atoms with van der Waals surface area (Å²) in [5.74, 6) is 0. The molecule has 2 heterocycles. The van der Waals surface area contributed by atoms with Crippen molar-refractivity contribution in [3.05, 3.63) is 41.3 Å². The minimum absolute atomic E-state index is 0.0956. The number of halogens is 4. The Bertz CT molecular complexity index is 785. The Labute approximate surface area is 154 Å². The number of nitrogens with zero attached hydrogens (tertiary/aromatic N) is 2. The molecule has 1 saturated carbocycles. The smallest absolute Gasteiger partial charge is 0.390 e. The Morgan fingerprint density at radius 3 is 2.58 bits per heavy atom. The van der Waals surface area contributed by atoms with Gasteiger partial charge >= 0.3 is 6.18 Å². The number of pyridine rings is 2. The molecule has 1 aliphatic carbocycles. The van der Waals surface area contributed by atoms with Gasteiger partial charge in [0.05, 0.1) is 16.9 Å². The molecule has 2 aromatic heterocycles. The summed E-state index contributed by atoms with van der Waals surface area (Å²) in [5.41, 5.74) is -0.216. The average Bonchev–Trinajstić information content (AvgIpc) is 2.56. The average molecular weight is 386 g/mol. The first kappa shape index (κ1) is 18.9. The van der Waals surface area contributed by atoms with E-state index in [2.05, 4.69) is 15.3 Å². The third kappa shape index (κ3) is 4.45. The predicted molar refractivity (Wildman–Crippen MR) is 94.0 cm³/mol. The third-order valence-corrected chi connectivity index (χ3v) is 4.86. The molecule has 2 N–H and O–H groups in total. The Morgan fingerprint density at radius 2 is 1.92 bits per heavy atom. The van der Waals surface area contributed by atoms with Crippen LogP contribution >= 0.6 is 11.6 Å². The molecule has 0 spiro atoms. The number of hydrogen-bond donors (Lipinski definition) is 2. The fourth-order valence-electron chi connectivity index (χ4n) is 3.11. The van der Waals surface area contributed by atoms with Crippen molar-refractivity contribution in [2.24, 2.45) is 0 Å². The van der Waals surface area contributed by atoms with Crippen molar-refractivity contribution in [2.75, 3.05) is 5.32 Å². The molecule has 0 radical (unpaired) electrons. The number of anilines is 1. The fraction of sp³-hybridized carbons (Fsp3) is 0.444.